The van der Waals surface area contributed by atoms with Gasteiger partial charge in [-0.15, -0.1) is 0 Å². The smallest absolute Gasteiger partial charge is 0.177 e. The molecule has 5 nitrogen and oxygen atoms in total. The minimum Gasteiger partial charge on any atom is -0.396 e. The van der Waals surface area contributed by atoms with Gasteiger partial charge in [0.25, 0.3) is 0 Å². The Kier molecular flexibility index (Phi) is 4.24. The van der Waals surface area contributed by atoms with Crippen LogP contribution in [0.3, 0.4) is 0 Å². The number of benzene rings is 1. The van der Waals surface area contributed by atoms with Crippen molar-refractivity contribution in [3.8, 4) is 0 Å². The Balaban J connectivity index is 3.21. The molecule has 6 heteroatoms. The van der Waals surface area contributed by atoms with E-state index in [0.29, 0.717) is 12.1 Å². The Morgan fingerprint density at radius 2 is 2.06 bits per heavy atom. The number of nitrogens with two attached hydrogens (primary N) is 1. The lowest BCUT2D eigenvalue weighted by atomic mass is 9.99. The number of anilines is 2. The summed E-state index contributed by atoms with van der Waals surface area (Å²) in [6.45, 7) is 3.71. The van der Waals surface area contributed by atoms with Gasteiger partial charge in [0.1, 0.15) is 0 Å². The number of nitrogens with one attached hydrogen (secondary N) is 1. The molecule has 0 aliphatic rings. The van der Waals surface area contributed by atoms with Crippen LogP contribution in [0.1, 0.15) is 20.3 Å². The van der Waals surface area contributed by atoms with E-state index < -0.39 is 15.4 Å². The molecule has 0 aliphatic carbocycles. The standard InChI is InChI=1S/C12H20N2O3S/c1-4-12(2,8-15)14-9-6-5-7-10(11(9)13)18(3,16)17/h5-7,14-15H,4,8,13H2,1-3H3. The van der Waals surface area contributed by atoms with Crippen LogP contribution >= 0.6 is 0 Å². The van der Waals surface area contributed by atoms with Crippen LogP contribution in [0.25, 0.3) is 0 Å². The lowest BCUT2D eigenvalue weighted by Gasteiger charge is -2.29. The molecule has 0 aliphatic heterocycles. The van der Waals surface area contributed by atoms with Gasteiger partial charge in [0, 0.05) is 6.26 Å². The predicted molar refractivity (Wildman–Crippen MR) is 73.4 cm³/mol. The number of para-hydroxylation sites is 1. The first kappa shape index (κ1) is 14.8. The normalized spacial score (nSPS) is 15.1. The zero-order chi connectivity index (χ0) is 14.0. The molecular formula is C12H20N2O3S. The van der Waals surface area contributed by atoms with Crippen LogP contribution in [0.2, 0.25) is 0 Å². The lowest BCUT2D eigenvalue weighted by molar-refractivity contribution is 0.219. The molecule has 1 rings (SSSR count). The molecular weight excluding hydrogens is 252 g/mol. The van der Waals surface area contributed by atoms with Crippen molar-refractivity contribution in [1.29, 1.82) is 0 Å². The minimum absolute atomic E-state index is 0.0634. The average molecular weight is 272 g/mol. The second-order valence-corrected chi connectivity index (χ2v) is 6.67. The molecule has 0 fully saturated rings. The zero-order valence-electron chi connectivity index (χ0n) is 10.9. The Bertz CT molecular complexity index is 522. The van der Waals surface area contributed by atoms with Crippen molar-refractivity contribution in [3.05, 3.63) is 18.2 Å². The number of aliphatic hydroxyl groups is 1. The summed E-state index contributed by atoms with van der Waals surface area (Å²) in [5.41, 5.74) is 6.05. The molecule has 1 unspecified atom stereocenters. The number of hydrogen-bond acceptors (Lipinski definition) is 5. The summed E-state index contributed by atoms with van der Waals surface area (Å²) in [4.78, 5) is 0.101. The molecule has 18 heavy (non-hydrogen) atoms. The molecule has 0 amide bonds. The maximum absolute atomic E-state index is 11.6. The van der Waals surface area contributed by atoms with Gasteiger partial charge in [-0.1, -0.05) is 13.0 Å². The van der Waals surface area contributed by atoms with Crippen molar-refractivity contribution in [3.63, 3.8) is 0 Å². The fourth-order valence-corrected chi connectivity index (χ4v) is 2.38. The SMILES string of the molecule is CCC(C)(CO)Nc1cccc(S(C)(=O)=O)c1N. The largest absolute Gasteiger partial charge is 0.396 e. The second kappa shape index (κ2) is 5.16. The molecule has 0 spiro atoms. The highest BCUT2D eigenvalue weighted by Crippen LogP contribution is 2.29. The van der Waals surface area contributed by atoms with Crippen molar-refractivity contribution >= 4 is 21.2 Å². The average Bonchev–Trinajstić information content (AvgIpc) is 2.30. The van der Waals surface area contributed by atoms with Crippen LogP contribution in [0.15, 0.2) is 23.1 Å². The van der Waals surface area contributed by atoms with E-state index in [-0.39, 0.29) is 17.2 Å². The second-order valence-electron chi connectivity index (χ2n) is 4.69. The summed E-state index contributed by atoms with van der Waals surface area (Å²) in [6, 6.07) is 4.80. The molecule has 4 N–H and O–H groups in total. The molecule has 0 saturated carbocycles. The molecule has 0 saturated heterocycles. The Morgan fingerprint density at radius 3 is 2.50 bits per heavy atom. The first-order valence-corrected chi connectivity index (χ1v) is 7.60. The van der Waals surface area contributed by atoms with E-state index in [1.54, 1.807) is 12.1 Å². The van der Waals surface area contributed by atoms with Gasteiger partial charge < -0.3 is 16.2 Å². The van der Waals surface area contributed by atoms with Gasteiger partial charge in [-0.2, -0.15) is 0 Å². The molecule has 0 heterocycles. The van der Waals surface area contributed by atoms with E-state index in [4.69, 9.17) is 5.73 Å². The Hall–Kier alpha value is -1.27. The first-order valence-electron chi connectivity index (χ1n) is 5.71. The monoisotopic (exact) mass is 272 g/mol. The number of rotatable bonds is 5. The van der Waals surface area contributed by atoms with Crippen LogP contribution in [0, 0.1) is 0 Å². The maximum atomic E-state index is 11.6. The Morgan fingerprint density at radius 1 is 1.44 bits per heavy atom. The van der Waals surface area contributed by atoms with Crippen LogP contribution in [-0.2, 0) is 9.84 Å². The van der Waals surface area contributed by atoms with Gasteiger partial charge in [0.05, 0.1) is 28.4 Å². The van der Waals surface area contributed by atoms with E-state index in [9.17, 15) is 13.5 Å². The van der Waals surface area contributed by atoms with Crippen molar-refractivity contribution in [1.82, 2.24) is 0 Å². The highest BCUT2D eigenvalue weighted by atomic mass is 32.2. The number of sulfone groups is 1. The van der Waals surface area contributed by atoms with Gasteiger partial charge in [-0.3, -0.25) is 0 Å². The third-order valence-corrected chi connectivity index (χ3v) is 4.19. The van der Waals surface area contributed by atoms with Crippen LogP contribution < -0.4 is 11.1 Å². The van der Waals surface area contributed by atoms with Gasteiger partial charge in [0.2, 0.25) is 0 Å². The van der Waals surface area contributed by atoms with Gasteiger partial charge in [-0.05, 0) is 25.5 Å². The van der Waals surface area contributed by atoms with Gasteiger partial charge in [-0.25, -0.2) is 8.42 Å². The number of nitrogen functional groups attached to an aromatic ring is 1. The Labute approximate surface area is 108 Å². The summed E-state index contributed by atoms with van der Waals surface area (Å²) in [5.74, 6) is 0. The maximum Gasteiger partial charge on any atom is 0.177 e. The molecule has 0 radical (unpaired) electrons. The minimum atomic E-state index is -3.35. The van der Waals surface area contributed by atoms with E-state index >= 15 is 0 Å². The summed E-state index contributed by atoms with van der Waals surface area (Å²) in [5, 5.41) is 12.4. The highest BCUT2D eigenvalue weighted by molar-refractivity contribution is 7.90. The molecule has 1 aromatic rings. The molecule has 0 bridgehead atoms. The zero-order valence-corrected chi connectivity index (χ0v) is 11.7. The quantitative estimate of drug-likeness (QED) is 0.701. The van der Waals surface area contributed by atoms with Crippen LogP contribution in [-0.4, -0.2) is 31.9 Å². The topological polar surface area (TPSA) is 92.4 Å². The van der Waals surface area contributed by atoms with E-state index in [1.165, 1.54) is 6.07 Å². The third-order valence-electron chi connectivity index (χ3n) is 3.03. The fraction of sp³-hybridized carbons (Fsp3) is 0.500. The van der Waals surface area contributed by atoms with E-state index in [1.807, 2.05) is 13.8 Å². The van der Waals surface area contributed by atoms with Crippen LogP contribution in [0.5, 0.6) is 0 Å². The first-order chi connectivity index (χ1) is 8.23. The molecule has 102 valence electrons. The summed E-state index contributed by atoms with van der Waals surface area (Å²) >= 11 is 0. The third kappa shape index (κ3) is 3.14. The van der Waals surface area contributed by atoms with Crippen molar-refractivity contribution < 1.29 is 13.5 Å². The summed E-state index contributed by atoms with van der Waals surface area (Å²) < 4.78 is 23.1. The molecule has 1 atom stereocenters. The van der Waals surface area contributed by atoms with Crippen molar-refractivity contribution in [2.24, 2.45) is 0 Å². The summed E-state index contributed by atoms with van der Waals surface area (Å²) in [7, 11) is -3.35. The number of hydrogen-bond donors (Lipinski definition) is 3. The van der Waals surface area contributed by atoms with E-state index in [0.717, 1.165) is 6.26 Å². The van der Waals surface area contributed by atoms with Crippen LogP contribution in [0.4, 0.5) is 11.4 Å². The lowest BCUT2D eigenvalue weighted by Crippen LogP contribution is -2.38. The van der Waals surface area contributed by atoms with E-state index in [2.05, 4.69) is 5.32 Å². The van der Waals surface area contributed by atoms with Crippen molar-refractivity contribution in [2.75, 3.05) is 23.9 Å². The fourth-order valence-electron chi connectivity index (χ4n) is 1.54. The van der Waals surface area contributed by atoms with Gasteiger partial charge >= 0.3 is 0 Å². The molecule has 0 aromatic heterocycles. The highest BCUT2D eigenvalue weighted by Gasteiger charge is 2.23. The summed E-state index contributed by atoms with van der Waals surface area (Å²) in [6.07, 6.45) is 1.81. The van der Waals surface area contributed by atoms with Gasteiger partial charge in [0.15, 0.2) is 9.84 Å². The van der Waals surface area contributed by atoms with Crippen molar-refractivity contribution in [2.45, 2.75) is 30.7 Å². The predicted octanol–water partition coefficient (Wildman–Crippen LogP) is 1.25. The molecule has 1 aromatic carbocycles. The number of aliphatic hydroxyl groups excluding tert-OH is 1.